The number of carbonyl (C=O) groups excluding carboxylic acids is 1. The van der Waals surface area contributed by atoms with Crippen LogP contribution in [0.4, 0.5) is 0 Å². The molecule has 1 amide bonds. The Morgan fingerprint density at radius 1 is 0.794 bits per heavy atom. The summed E-state index contributed by atoms with van der Waals surface area (Å²) in [6.45, 7) is 1.08. The molecule has 0 aliphatic rings. The van der Waals surface area contributed by atoms with Crippen molar-refractivity contribution in [2.75, 3.05) is 0 Å². The quantitative estimate of drug-likeness (QED) is 0.377. The molecule has 0 saturated carbocycles. The summed E-state index contributed by atoms with van der Waals surface area (Å²) in [4.78, 5) is 12.7. The van der Waals surface area contributed by atoms with E-state index in [2.05, 4.69) is 22.5 Å². The highest BCUT2D eigenvalue weighted by Gasteiger charge is 2.13. The van der Waals surface area contributed by atoms with Crippen molar-refractivity contribution >= 4 is 5.91 Å². The molecule has 6 heteroatoms. The van der Waals surface area contributed by atoms with Crippen LogP contribution in [0.1, 0.15) is 16.7 Å². The molecule has 5 aromatic rings. The molecule has 2 heterocycles. The van der Waals surface area contributed by atoms with Gasteiger partial charge in [0, 0.05) is 30.1 Å². The van der Waals surface area contributed by atoms with Gasteiger partial charge in [-0.3, -0.25) is 9.48 Å². The van der Waals surface area contributed by atoms with Crippen molar-refractivity contribution < 1.29 is 4.79 Å². The second-order valence-electron chi connectivity index (χ2n) is 8.13. The molecular formula is C28H25N5O. The molecule has 3 aromatic carbocycles. The van der Waals surface area contributed by atoms with E-state index in [0.29, 0.717) is 13.1 Å². The first-order chi connectivity index (χ1) is 16.7. The predicted octanol–water partition coefficient (Wildman–Crippen LogP) is 4.64. The minimum absolute atomic E-state index is 0.0533. The maximum Gasteiger partial charge on any atom is 0.224 e. The Morgan fingerprint density at radius 2 is 1.47 bits per heavy atom. The van der Waals surface area contributed by atoms with Gasteiger partial charge in [-0.1, -0.05) is 78.9 Å². The number of hydrogen-bond acceptors (Lipinski definition) is 3. The third-order valence-electron chi connectivity index (χ3n) is 5.57. The number of benzene rings is 3. The van der Waals surface area contributed by atoms with Gasteiger partial charge in [-0.15, -0.1) is 0 Å². The van der Waals surface area contributed by atoms with Gasteiger partial charge in [0.2, 0.25) is 5.91 Å². The zero-order valence-corrected chi connectivity index (χ0v) is 18.7. The fraction of sp³-hybridized carbons (Fsp3) is 0.107. The highest BCUT2D eigenvalue weighted by molar-refractivity contribution is 5.78. The normalized spacial score (nSPS) is 10.8. The maximum absolute atomic E-state index is 12.7. The summed E-state index contributed by atoms with van der Waals surface area (Å²) in [6, 6.07) is 30.1. The lowest BCUT2D eigenvalue weighted by atomic mass is 10.1. The van der Waals surface area contributed by atoms with Gasteiger partial charge in [0.25, 0.3) is 0 Å². The summed E-state index contributed by atoms with van der Waals surface area (Å²) in [5, 5.41) is 12.3. The molecule has 0 unspecified atom stereocenters. The average molecular weight is 448 g/mol. The summed E-state index contributed by atoms with van der Waals surface area (Å²) >= 11 is 0. The first-order valence-corrected chi connectivity index (χ1v) is 11.3. The summed E-state index contributed by atoms with van der Waals surface area (Å²) in [5.41, 5.74) is 5.90. The van der Waals surface area contributed by atoms with Crippen LogP contribution in [0.2, 0.25) is 0 Å². The second-order valence-corrected chi connectivity index (χ2v) is 8.13. The topological polar surface area (TPSA) is 64.7 Å². The van der Waals surface area contributed by atoms with Crippen molar-refractivity contribution in [3.05, 3.63) is 126 Å². The van der Waals surface area contributed by atoms with Crippen LogP contribution in [0.15, 0.2) is 110 Å². The SMILES string of the molecule is O=C(Cc1cnn(-c2ccccc2)c1)NCc1cn(Cc2ccccc2)nc1-c1ccccc1. The van der Waals surface area contributed by atoms with Gasteiger partial charge in [-0.25, -0.2) is 4.68 Å². The monoisotopic (exact) mass is 447 g/mol. The molecule has 0 saturated heterocycles. The van der Waals surface area contributed by atoms with Crippen molar-refractivity contribution in [2.24, 2.45) is 0 Å². The molecule has 0 radical (unpaired) electrons. The van der Waals surface area contributed by atoms with E-state index in [1.807, 2.05) is 95.9 Å². The van der Waals surface area contributed by atoms with Crippen LogP contribution in [0.25, 0.3) is 16.9 Å². The summed E-state index contributed by atoms with van der Waals surface area (Å²) < 4.78 is 3.72. The van der Waals surface area contributed by atoms with E-state index in [1.54, 1.807) is 10.9 Å². The Morgan fingerprint density at radius 3 is 2.21 bits per heavy atom. The number of nitrogens with zero attached hydrogens (tertiary/aromatic N) is 4. The molecule has 5 rings (SSSR count). The van der Waals surface area contributed by atoms with Gasteiger partial charge in [-0.2, -0.15) is 10.2 Å². The Bertz CT molecular complexity index is 1360. The van der Waals surface area contributed by atoms with Crippen LogP contribution in [0.5, 0.6) is 0 Å². The Hall–Kier alpha value is -4.45. The largest absolute Gasteiger partial charge is 0.352 e. The van der Waals surface area contributed by atoms with Gasteiger partial charge in [0.15, 0.2) is 0 Å². The first kappa shape index (κ1) is 21.4. The molecule has 1 N–H and O–H groups in total. The van der Waals surface area contributed by atoms with E-state index in [-0.39, 0.29) is 12.3 Å². The molecule has 6 nitrogen and oxygen atoms in total. The van der Waals surface area contributed by atoms with E-state index in [9.17, 15) is 4.79 Å². The minimum atomic E-state index is -0.0533. The number of hydrogen-bond donors (Lipinski definition) is 1. The number of carbonyl (C=O) groups is 1. The van der Waals surface area contributed by atoms with Crippen LogP contribution in [0.3, 0.4) is 0 Å². The van der Waals surface area contributed by atoms with Gasteiger partial charge in [-0.05, 0) is 23.3 Å². The molecular weight excluding hydrogens is 422 g/mol. The number of rotatable bonds is 8. The molecule has 0 bridgehead atoms. The van der Waals surface area contributed by atoms with Crippen LogP contribution >= 0.6 is 0 Å². The van der Waals surface area contributed by atoms with Gasteiger partial charge in [0.1, 0.15) is 0 Å². The van der Waals surface area contributed by atoms with Crippen LogP contribution in [-0.4, -0.2) is 25.5 Å². The van der Waals surface area contributed by atoms with Crippen molar-refractivity contribution in [1.82, 2.24) is 24.9 Å². The molecule has 34 heavy (non-hydrogen) atoms. The van der Waals surface area contributed by atoms with Gasteiger partial charge >= 0.3 is 0 Å². The van der Waals surface area contributed by atoms with Crippen molar-refractivity contribution in [2.45, 2.75) is 19.5 Å². The number of amides is 1. The summed E-state index contributed by atoms with van der Waals surface area (Å²) in [5.74, 6) is -0.0533. The fourth-order valence-corrected chi connectivity index (χ4v) is 3.90. The highest BCUT2D eigenvalue weighted by Crippen LogP contribution is 2.22. The van der Waals surface area contributed by atoms with Crippen LogP contribution < -0.4 is 5.32 Å². The lowest BCUT2D eigenvalue weighted by Crippen LogP contribution is -2.24. The Balaban J connectivity index is 1.28. The molecule has 0 spiro atoms. The van der Waals surface area contributed by atoms with Crippen molar-refractivity contribution in [1.29, 1.82) is 0 Å². The predicted molar refractivity (Wildman–Crippen MR) is 132 cm³/mol. The highest BCUT2D eigenvalue weighted by atomic mass is 16.1. The fourth-order valence-electron chi connectivity index (χ4n) is 3.90. The lowest BCUT2D eigenvalue weighted by Gasteiger charge is -2.05. The van der Waals surface area contributed by atoms with Crippen molar-refractivity contribution in [3.8, 4) is 16.9 Å². The minimum Gasteiger partial charge on any atom is -0.352 e. The Labute approximate surface area is 198 Å². The van der Waals surface area contributed by atoms with E-state index in [4.69, 9.17) is 5.10 Å². The number of aromatic nitrogens is 4. The molecule has 0 atom stereocenters. The standard InChI is InChI=1S/C28H25N5O/c34-27(16-23-17-30-33(20-23)26-14-8-3-9-15-26)29-18-25-21-32(19-22-10-4-1-5-11-22)31-28(25)24-12-6-2-7-13-24/h1-15,17,20-21H,16,18-19H2,(H,29,34). The van der Waals surface area contributed by atoms with Gasteiger partial charge in [0.05, 0.1) is 30.5 Å². The summed E-state index contributed by atoms with van der Waals surface area (Å²) in [7, 11) is 0. The molecule has 2 aromatic heterocycles. The molecule has 0 aliphatic carbocycles. The molecule has 0 fully saturated rings. The zero-order chi connectivity index (χ0) is 23.2. The van der Waals surface area contributed by atoms with Crippen LogP contribution in [0, 0.1) is 0 Å². The van der Waals surface area contributed by atoms with E-state index < -0.39 is 0 Å². The number of nitrogens with one attached hydrogen (secondary N) is 1. The molecule has 0 aliphatic heterocycles. The average Bonchev–Trinajstić information content (AvgIpc) is 3.51. The summed E-state index contributed by atoms with van der Waals surface area (Å²) in [6.07, 6.45) is 5.91. The first-order valence-electron chi connectivity index (χ1n) is 11.3. The number of para-hydroxylation sites is 1. The van der Waals surface area contributed by atoms with E-state index in [1.165, 1.54) is 5.56 Å². The zero-order valence-electron chi connectivity index (χ0n) is 18.7. The Kier molecular flexibility index (Phi) is 6.29. The van der Waals surface area contributed by atoms with E-state index in [0.717, 1.165) is 28.1 Å². The smallest absolute Gasteiger partial charge is 0.224 e. The third-order valence-corrected chi connectivity index (χ3v) is 5.57. The molecule has 168 valence electrons. The second kappa shape index (κ2) is 10.0. The van der Waals surface area contributed by atoms with Crippen molar-refractivity contribution in [3.63, 3.8) is 0 Å². The van der Waals surface area contributed by atoms with Crippen LogP contribution in [-0.2, 0) is 24.3 Å². The van der Waals surface area contributed by atoms with E-state index >= 15 is 0 Å². The van der Waals surface area contributed by atoms with Gasteiger partial charge < -0.3 is 5.32 Å². The third kappa shape index (κ3) is 5.13. The lowest BCUT2D eigenvalue weighted by molar-refractivity contribution is -0.120. The maximum atomic E-state index is 12.7.